The molecule has 1 aromatic rings. The Morgan fingerprint density at radius 3 is 2.95 bits per heavy atom. The molecular formula is C14H22BrN3O2. The molecule has 5 nitrogen and oxygen atoms in total. The third-order valence-electron chi connectivity index (χ3n) is 3.73. The minimum atomic E-state index is -0.187. The van der Waals surface area contributed by atoms with E-state index in [1.165, 1.54) is 0 Å². The molecule has 0 aliphatic carbocycles. The number of fused-ring (bicyclic) bond motifs is 1. The van der Waals surface area contributed by atoms with Crippen molar-refractivity contribution < 1.29 is 9.53 Å². The van der Waals surface area contributed by atoms with Gasteiger partial charge in [0.05, 0.1) is 28.7 Å². The Bertz CT molecular complexity index is 487. The van der Waals surface area contributed by atoms with Crippen LogP contribution in [0.15, 0.2) is 4.47 Å². The minimum absolute atomic E-state index is 0.0111. The van der Waals surface area contributed by atoms with Crippen LogP contribution in [0.1, 0.15) is 45.3 Å². The standard InChI is InChI=1S/C14H22BrN3O2/c1-4-6-7-11-12(15)13-16-8-10(14(19)20-5-2)9(3)18(13)17-11/h9-10,16H,4-8H2,1-3H3. The fourth-order valence-corrected chi connectivity index (χ4v) is 3.10. The largest absolute Gasteiger partial charge is 0.466 e. The molecule has 0 aromatic carbocycles. The van der Waals surface area contributed by atoms with Gasteiger partial charge in [-0.05, 0) is 42.6 Å². The first kappa shape index (κ1) is 15.4. The number of carbonyl (C=O) groups is 1. The highest BCUT2D eigenvalue weighted by Crippen LogP contribution is 2.36. The van der Waals surface area contributed by atoms with E-state index < -0.39 is 0 Å². The molecule has 0 bridgehead atoms. The number of nitrogens with one attached hydrogen (secondary N) is 1. The number of carbonyl (C=O) groups excluding carboxylic acids is 1. The summed E-state index contributed by atoms with van der Waals surface area (Å²) in [5.74, 6) is 0.636. The zero-order chi connectivity index (χ0) is 14.7. The van der Waals surface area contributed by atoms with Gasteiger partial charge in [-0.1, -0.05) is 13.3 Å². The molecule has 2 atom stereocenters. The van der Waals surface area contributed by atoms with E-state index >= 15 is 0 Å². The number of ether oxygens (including phenoxy) is 1. The van der Waals surface area contributed by atoms with Crippen molar-refractivity contribution in [3.8, 4) is 0 Å². The first-order valence-corrected chi connectivity index (χ1v) is 8.06. The van der Waals surface area contributed by atoms with Crippen molar-refractivity contribution in [2.24, 2.45) is 5.92 Å². The van der Waals surface area contributed by atoms with Crippen molar-refractivity contribution in [2.45, 2.75) is 46.1 Å². The van der Waals surface area contributed by atoms with Gasteiger partial charge in [0.1, 0.15) is 5.82 Å². The van der Waals surface area contributed by atoms with Crippen LogP contribution < -0.4 is 5.32 Å². The molecule has 0 spiro atoms. The van der Waals surface area contributed by atoms with Crippen LogP contribution in [-0.2, 0) is 16.0 Å². The topological polar surface area (TPSA) is 56.2 Å². The highest BCUT2D eigenvalue weighted by molar-refractivity contribution is 9.10. The molecule has 1 aliphatic heterocycles. The van der Waals surface area contributed by atoms with E-state index in [2.05, 4.69) is 33.3 Å². The smallest absolute Gasteiger partial charge is 0.312 e. The van der Waals surface area contributed by atoms with Crippen molar-refractivity contribution in [1.29, 1.82) is 0 Å². The summed E-state index contributed by atoms with van der Waals surface area (Å²) in [7, 11) is 0. The number of hydrogen-bond donors (Lipinski definition) is 1. The van der Waals surface area contributed by atoms with Crippen LogP contribution in [0, 0.1) is 5.92 Å². The van der Waals surface area contributed by atoms with Gasteiger partial charge in [-0.15, -0.1) is 0 Å². The fourth-order valence-electron chi connectivity index (χ4n) is 2.50. The van der Waals surface area contributed by atoms with E-state index in [9.17, 15) is 4.79 Å². The summed E-state index contributed by atoms with van der Waals surface area (Å²) in [6.45, 7) is 7.03. The van der Waals surface area contributed by atoms with E-state index in [-0.39, 0.29) is 17.9 Å². The van der Waals surface area contributed by atoms with Gasteiger partial charge >= 0.3 is 5.97 Å². The van der Waals surface area contributed by atoms with Crippen molar-refractivity contribution >= 4 is 27.7 Å². The lowest BCUT2D eigenvalue weighted by Crippen LogP contribution is -2.37. The molecule has 0 radical (unpaired) electrons. The first-order chi connectivity index (χ1) is 9.60. The molecule has 20 heavy (non-hydrogen) atoms. The number of halogens is 1. The molecule has 0 saturated carbocycles. The molecule has 0 amide bonds. The molecule has 1 aromatic heterocycles. The van der Waals surface area contributed by atoms with Gasteiger partial charge in [-0.3, -0.25) is 4.79 Å². The summed E-state index contributed by atoms with van der Waals surface area (Å²) in [5.41, 5.74) is 1.06. The number of hydrogen-bond acceptors (Lipinski definition) is 4. The third kappa shape index (κ3) is 2.85. The van der Waals surface area contributed by atoms with Crippen LogP contribution in [0.4, 0.5) is 5.82 Å². The van der Waals surface area contributed by atoms with E-state index in [1.54, 1.807) is 0 Å². The summed E-state index contributed by atoms with van der Waals surface area (Å²) < 4.78 is 8.08. The van der Waals surface area contributed by atoms with Gasteiger partial charge in [-0.25, -0.2) is 4.68 Å². The predicted molar refractivity (Wildman–Crippen MR) is 81.9 cm³/mol. The van der Waals surface area contributed by atoms with Crippen molar-refractivity contribution in [2.75, 3.05) is 18.5 Å². The van der Waals surface area contributed by atoms with E-state index in [1.807, 2.05) is 18.5 Å². The van der Waals surface area contributed by atoms with Crippen molar-refractivity contribution in [1.82, 2.24) is 9.78 Å². The van der Waals surface area contributed by atoms with Gasteiger partial charge in [0, 0.05) is 6.54 Å². The Morgan fingerprint density at radius 1 is 1.55 bits per heavy atom. The summed E-state index contributed by atoms with van der Waals surface area (Å²) >= 11 is 3.62. The second kappa shape index (κ2) is 6.61. The van der Waals surface area contributed by atoms with Crippen LogP contribution in [0.25, 0.3) is 0 Å². The summed E-state index contributed by atoms with van der Waals surface area (Å²) in [6, 6.07) is 0.0111. The normalized spacial score (nSPS) is 21.2. The molecule has 6 heteroatoms. The van der Waals surface area contributed by atoms with Crippen LogP contribution in [0.5, 0.6) is 0 Å². The van der Waals surface area contributed by atoms with Crippen molar-refractivity contribution in [3.63, 3.8) is 0 Å². The van der Waals surface area contributed by atoms with Gasteiger partial charge in [0.15, 0.2) is 0 Å². The number of aromatic nitrogens is 2. The quantitative estimate of drug-likeness (QED) is 0.834. The lowest BCUT2D eigenvalue weighted by Gasteiger charge is -2.29. The predicted octanol–water partition coefficient (Wildman–Crippen LogP) is 3.15. The van der Waals surface area contributed by atoms with E-state index in [4.69, 9.17) is 4.74 Å². The average Bonchev–Trinajstić information content (AvgIpc) is 2.75. The second-order valence-electron chi connectivity index (χ2n) is 5.14. The Balaban J connectivity index is 2.21. The molecule has 0 saturated heterocycles. The lowest BCUT2D eigenvalue weighted by atomic mass is 10.00. The van der Waals surface area contributed by atoms with Gasteiger partial charge in [-0.2, -0.15) is 5.10 Å². The maximum Gasteiger partial charge on any atom is 0.312 e. The van der Waals surface area contributed by atoms with Crippen LogP contribution in [-0.4, -0.2) is 28.9 Å². The number of unbranched alkanes of at least 4 members (excludes halogenated alkanes) is 1. The molecule has 112 valence electrons. The second-order valence-corrected chi connectivity index (χ2v) is 5.93. The Labute approximate surface area is 128 Å². The first-order valence-electron chi connectivity index (χ1n) is 7.27. The summed E-state index contributed by atoms with van der Waals surface area (Å²) in [5, 5.41) is 7.96. The van der Waals surface area contributed by atoms with Gasteiger partial charge in [0.25, 0.3) is 0 Å². The van der Waals surface area contributed by atoms with Gasteiger partial charge < -0.3 is 10.1 Å². The molecule has 1 N–H and O–H groups in total. The monoisotopic (exact) mass is 343 g/mol. The Hall–Kier alpha value is -1.04. The Morgan fingerprint density at radius 2 is 2.30 bits per heavy atom. The molecule has 2 rings (SSSR count). The lowest BCUT2D eigenvalue weighted by molar-refractivity contribution is -0.149. The number of anilines is 1. The zero-order valence-corrected chi connectivity index (χ0v) is 13.9. The van der Waals surface area contributed by atoms with Crippen LogP contribution >= 0.6 is 15.9 Å². The molecule has 2 unspecified atom stereocenters. The number of aryl methyl sites for hydroxylation is 1. The van der Waals surface area contributed by atoms with Crippen LogP contribution in [0.3, 0.4) is 0 Å². The highest BCUT2D eigenvalue weighted by Gasteiger charge is 2.35. The molecule has 0 fully saturated rings. The molecular weight excluding hydrogens is 322 g/mol. The average molecular weight is 344 g/mol. The summed E-state index contributed by atoms with van der Waals surface area (Å²) in [4.78, 5) is 12.0. The zero-order valence-electron chi connectivity index (χ0n) is 12.3. The maximum atomic E-state index is 12.0. The molecule has 2 heterocycles. The Kier molecular flexibility index (Phi) is 5.07. The fraction of sp³-hybridized carbons (Fsp3) is 0.714. The minimum Gasteiger partial charge on any atom is -0.466 e. The van der Waals surface area contributed by atoms with Crippen molar-refractivity contribution in [3.05, 3.63) is 10.2 Å². The number of rotatable bonds is 5. The van der Waals surface area contributed by atoms with E-state index in [0.29, 0.717) is 13.2 Å². The summed E-state index contributed by atoms with van der Waals surface area (Å²) in [6.07, 6.45) is 3.21. The maximum absolute atomic E-state index is 12.0. The molecule has 1 aliphatic rings. The van der Waals surface area contributed by atoms with E-state index in [0.717, 1.165) is 35.2 Å². The highest BCUT2D eigenvalue weighted by atomic mass is 79.9. The van der Waals surface area contributed by atoms with Crippen LogP contribution in [0.2, 0.25) is 0 Å². The third-order valence-corrected chi connectivity index (χ3v) is 4.57. The van der Waals surface area contributed by atoms with Gasteiger partial charge in [0.2, 0.25) is 0 Å². The number of nitrogens with zero attached hydrogens (tertiary/aromatic N) is 2. The SMILES string of the molecule is CCCCc1nn2c(c1Br)NCC(C(=O)OCC)C2C. The number of esters is 1.